The van der Waals surface area contributed by atoms with Crippen LogP contribution in [0, 0.1) is 5.92 Å². The molecule has 0 radical (unpaired) electrons. The monoisotopic (exact) mass is 225 g/mol. The molecule has 90 valence electrons. The number of hydrogen-bond acceptors (Lipinski definition) is 4. The minimum atomic E-state index is -0.321. The topological polar surface area (TPSA) is 74.8 Å². The fourth-order valence-electron chi connectivity index (χ4n) is 0.855. The van der Waals surface area contributed by atoms with Gasteiger partial charge in [0.15, 0.2) is 0 Å². The lowest BCUT2D eigenvalue weighted by atomic mass is 10.2. The van der Waals surface area contributed by atoms with Crippen molar-refractivity contribution in [2.45, 2.75) is 27.2 Å². The molecule has 0 amide bonds. The molecule has 0 bridgehead atoms. The SMILES string of the molecule is CC(C)CC=O.CCNc1ccnc(=O)[nH]1. The molecule has 5 nitrogen and oxygen atoms in total. The molecular formula is C11H19N3O2. The standard InChI is InChI=1S/C6H9N3O.C5H10O/c1-2-7-5-3-4-8-6(10)9-5;1-5(2)3-4-6/h3-4H,2H2,1H3,(H2,7,8,9,10);4-5H,3H2,1-2H3. The number of anilines is 1. The van der Waals surface area contributed by atoms with Gasteiger partial charge >= 0.3 is 5.69 Å². The van der Waals surface area contributed by atoms with Crippen molar-refractivity contribution < 1.29 is 4.79 Å². The molecule has 0 saturated heterocycles. The van der Waals surface area contributed by atoms with Gasteiger partial charge in [-0.15, -0.1) is 0 Å². The molecule has 0 aromatic carbocycles. The maximum atomic E-state index is 10.6. The van der Waals surface area contributed by atoms with Gasteiger partial charge in [-0.3, -0.25) is 4.98 Å². The van der Waals surface area contributed by atoms with Gasteiger partial charge in [0.05, 0.1) is 0 Å². The second-order valence-electron chi connectivity index (χ2n) is 3.62. The van der Waals surface area contributed by atoms with Crippen molar-refractivity contribution in [3.05, 3.63) is 22.7 Å². The van der Waals surface area contributed by atoms with Crippen LogP contribution in [0.25, 0.3) is 0 Å². The van der Waals surface area contributed by atoms with E-state index in [-0.39, 0.29) is 5.69 Å². The Kier molecular flexibility index (Phi) is 7.75. The summed E-state index contributed by atoms with van der Waals surface area (Å²) in [5.74, 6) is 1.24. The Labute approximate surface area is 95.3 Å². The maximum Gasteiger partial charge on any atom is 0.346 e. The smallest absolute Gasteiger partial charge is 0.346 e. The van der Waals surface area contributed by atoms with Crippen LogP contribution in [0.15, 0.2) is 17.1 Å². The summed E-state index contributed by atoms with van der Waals surface area (Å²) in [7, 11) is 0. The van der Waals surface area contributed by atoms with E-state index in [0.29, 0.717) is 18.2 Å². The van der Waals surface area contributed by atoms with Crippen molar-refractivity contribution >= 4 is 12.1 Å². The van der Waals surface area contributed by atoms with Crippen LogP contribution in [0.5, 0.6) is 0 Å². The Hall–Kier alpha value is -1.65. The first-order chi connectivity index (χ1) is 7.60. The summed E-state index contributed by atoms with van der Waals surface area (Å²) >= 11 is 0. The summed E-state index contributed by atoms with van der Waals surface area (Å²) in [6.07, 6.45) is 3.11. The third-order valence-corrected chi connectivity index (χ3v) is 1.61. The molecule has 0 spiro atoms. The van der Waals surface area contributed by atoms with E-state index in [1.807, 2.05) is 20.8 Å². The van der Waals surface area contributed by atoms with Gasteiger partial charge in [0.25, 0.3) is 0 Å². The van der Waals surface area contributed by atoms with Crippen LogP contribution in [0.3, 0.4) is 0 Å². The number of aromatic nitrogens is 2. The van der Waals surface area contributed by atoms with E-state index < -0.39 is 0 Å². The molecule has 0 fully saturated rings. The first-order valence-electron chi connectivity index (χ1n) is 5.33. The normalized spacial score (nSPS) is 9.25. The molecule has 16 heavy (non-hydrogen) atoms. The average Bonchev–Trinajstić information content (AvgIpc) is 2.18. The predicted octanol–water partition coefficient (Wildman–Crippen LogP) is 1.43. The molecule has 1 aromatic heterocycles. The Morgan fingerprint density at radius 1 is 1.56 bits per heavy atom. The van der Waals surface area contributed by atoms with Crippen LogP contribution < -0.4 is 11.0 Å². The van der Waals surface area contributed by atoms with Gasteiger partial charge in [-0.1, -0.05) is 13.8 Å². The zero-order valence-corrected chi connectivity index (χ0v) is 9.99. The van der Waals surface area contributed by atoms with E-state index in [1.54, 1.807) is 6.07 Å². The minimum absolute atomic E-state index is 0.321. The van der Waals surface area contributed by atoms with Gasteiger partial charge in [0, 0.05) is 19.2 Å². The second-order valence-corrected chi connectivity index (χ2v) is 3.62. The minimum Gasteiger partial charge on any atom is -0.372 e. The largest absolute Gasteiger partial charge is 0.372 e. The Morgan fingerprint density at radius 3 is 2.62 bits per heavy atom. The van der Waals surface area contributed by atoms with Gasteiger partial charge < -0.3 is 10.1 Å². The zero-order chi connectivity index (χ0) is 12.4. The lowest BCUT2D eigenvalue weighted by molar-refractivity contribution is -0.108. The number of aromatic amines is 1. The third-order valence-electron chi connectivity index (χ3n) is 1.61. The predicted molar refractivity (Wildman–Crippen MR) is 64.5 cm³/mol. The summed E-state index contributed by atoms with van der Waals surface area (Å²) in [5, 5.41) is 2.95. The number of rotatable bonds is 4. The molecule has 0 atom stereocenters. The molecule has 0 unspecified atom stereocenters. The highest BCUT2D eigenvalue weighted by Crippen LogP contribution is 1.93. The highest BCUT2D eigenvalue weighted by Gasteiger charge is 1.87. The average molecular weight is 225 g/mol. The molecular weight excluding hydrogens is 206 g/mol. The number of nitrogens with one attached hydrogen (secondary N) is 2. The number of carbonyl (C=O) groups is 1. The maximum absolute atomic E-state index is 10.6. The van der Waals surface area contributed by atoms with Crippen LogP contribution in [-0.4, -0.2) is 22.8 Å². The molecule has 0 aliphatic carbocycles. The summed E-state index contributed by atoms with van der Waals surface area (Å²) in [6, 6.07) is 1.71. The molecule has 1 aromatic rings. The quantitative estimate of drug-likeness (QED) is 0.760. The lowest BCUT2D eigenvalue weighted by Crippen LogP contribution is -2.12. The molecule has 2 N–H and O–H groups in total. The van der Waals surface area contributed by atoms with Crippen LogP contribution in [0.4, 0.5) is 5.82 Å². The van der Waals surface area contributed by atoms with Crippen molar-refractivity contribution in [2.75, 3.05) is 11.9 Å². The zero-order valence-electron chi connectivity index (χ0n) is 9.99. The van der Waals surface area contributed by atoms with Gasteiger partial charge in [-0.2, -0.15) is 0 Å². The lowest BCUT2D eigenvalue weighted by Gasteiger charge is -1.98. The fourth-order valence-corrected chi connectivity index (χ4v) is 0.855. The Morgan fingerprint density at radius 2 is 2.25 bits per heavy atom. The van der Waals surface area contributed by atoms with E-state index in [1.165, 1.54) is 6.20 Å². The van der Waals surface area contributed by atoms with Gasteiger partial charge in [-0.05, 0) is 18.9 Å². The van der Waals surface area contributed by atoms with Crippen LogP contribution in [0.2, 0.25) is 0 Å². The van der Waals surface area contributed by atoms with E-state index in [0.717, 1.165) is 12.8 Å². The molecule has 1 heterocycles. The van der Waals surface area contributed by atoms with E-state index in [9.17, 15) is 9.59 Å². The van der Waals surface area contributed by atoms with E-state index in [2.05, 4.69) is 15.3 Å². The second kappa shape index (κ2) is 8.64. The first-order valence-corrected chi connectivity index (χ1v) is 5.33. The van der Waals surface area contributed by atoms with Gasteiger partial charge in [-0.25, -0.2) is 9.78 Å². The molecule has 5 heteroatoms. The summed E-state index contributed by atoms with van der Waals surface area (Å²) in [5.41, 5.74) is -0.321. The van der Waals surface area contributed by atoms with Crippen molar-refractivity contribution in [1.29, 1.82) is 0 Å². The number of nitrogens with zero attached hydrogens (tertiary/aromatic N) is 1. The number of carbonyl (C=O) groups excluding carboxylic acids is 1. The fraction of sp³-hybridized carbons (Fsp3) is 0.545. The Balaban J connectivity index is 0.000000325. The van der Waals surface area contributed by atoms with Crippen molar-refractivity contribution in [3.63, 3.8) is 0 Å². The van der Waals surface area contributed by atoms with Gasteiger partial charge in [0.1, 0.15) is 12.1 Å². The highest BCUT2D eigenvalue weighted by molar-refractivity contribution is 5.49. The van der Waals surface area contributed by atoms with E-state index in [4.69, 9.17) is 0 Å². The number of hydrogen-bond donors (Lipinski definition) is 2. The first kappa shape index (κ1) is 14.3. The summed E-state index contributed by atoms with van der Waals surface area (Å²) in [4.78, 5) is 26.2. The third kappa shape index (κ3) is 7.73. The Bertz CT molecular complexity index is 347. The van der Waals surface area contributed by atoms with Crippen molar-refractivity contribution in [3.8, 4) is 0 Å². The van der Waals surface area contributed by atoms with Crippen molar-refractivity contribution in [1.82, 2.24) is 9.97 Å². The van der Waals surface area contributed by atoms with Crippen LogP contribution in [-0.2, 0) is 4.79 Å². The molecule has 0 aliphatic heterocycles. The number of H-pyrrole nitrogens is 1. The highest BCUT2D eigenvalue weighted by atomic mass is 16.1. The van der Waals surface area contributed by atoms with Crippen molar-refractivity contribution in [2.24, 2.45) is 5.92 Å². The van der Waals surface area contributed by atoms with Gasteiger partial charge in [0.2, 0.25) is 0 Å². The molecule has 1 rings (SSSR count). The summed E-state index contributed by atoms with van der Waals surface area (Å²) in [6.45, 7) is 6.79. The van der Waals surface area contributed by atoms with Crippen LogP contribution in [0.1, 0.15) is 27.2 Å². The molecule has 0 saturated carbocycles. The van der Waals surface area contributed by atoms with Crippen LogP contribution >= 0.6 is 0 Å². The summed E-state index contributed by atoms with van der Waals surface area (Å²) < 4.78 is 0. The molecule has 0 aliphatic rings. The van der Waals surface area contributed by atoms with E-state index >= 15 is 0 Å². The number of aldehydes is 1.